The summed E-state index contributed by atoms with van der Waals surface area (Å²) in [6.07, 6.45) is -0.0845. The van der Waals surface area contributed by atoms with Gasteiger partial charge in [-0.25, -0.2) is 0 Å². The Bertz CT molecular complexity index is 643. The third-order valence-electron chi connectivity index (χ3n) is 3.73. The first-order valence-corrected chi connectivity index (χ1v) is 7.30. The summed E-state index contributed by atoms with van der Waals surface area (Å²) < 4.78 is 9.78. The van der Waals surface area contributed by atoms with Crippen LogP contribution in [0.4, 0.5) is 5.69 Å². The van der Waals surface area contributed by atoms with E-state index in [1.807, 2.05) is 0 Å². The number of hydrogen-bond donors (Lipinski definition) is 1. The second-order valence-electron chi connectivity index (χ2n) is 5.17. The summed E-state index contributed by atoms with van der Waals surface area (Å²) in [6, 6.07) is 4.73. The van der Waals surface area contributed by atoms with Gasteiger partial charge in [-0.15, -0.1) is 6.58 Å². The zero-order chi connectivity index (χ0) is 17.2. The summed E-state index contributed by atoms with van der Waals surface area (Å²) >= 11 is 5.98. The maximum Gasteiger partial charge on any atom is 0.264 e. The molecule has 23 heavy (non-hydrogen) atoms. The average molecular weight is 340 g/mol. The molecule has 6 nitrogen and oxygen atoms in total. The van der Waals surface area contributed by atoms with E-state index in [4.69, 9.17) is 21.1 Å². The Morgan fingerprint density at radius 2 is 2.13 bits per heavy atom. The Morgan fingerprint density at radius 3 is 2.70 bits per heavy atom. The van der Waals surface area contributed by atoms with Crippen molar-refractivity contribution in [3.63, 3.8) is 0 Å². The van der Waals surface area contributed by atoms with Crippen LogP contribution in [0.5, 0.6) is 0 Å². The fourth-order valence-corrected chi connectivity index (χ4v) is 2.87. The zero-order valence-corrected chi connectivity index (χ0v) is 13.7. The Balaban J connectivity index is 2.45. The quantitative estimate of drug-likeness (QED) is 0.603. The van der Waals surface area contributed by atoms with Crippen LogP contribution in [0.3, 0.4) is 0 Å². The summed E-state index contributed by atoms with van der Waals surface area (Å²) in [7, 11) is 2.61. The average Bonchev–Trinajstić information content (AvgIpc) is 2.71. The van der Waals surface area contributed by atoms with Crippen LogP contribution in [0.2, 0.25) is 5.02 Å². The molecule has 1 aliphatic rings. The number of aliphatic hydroxyl groups is 1. The minimum absolute atomic E-state index is 0.210. The number of fused-ring (bicyclic) bond motifs is 1. The number of anilines is 1. The van der Waals surface area contributed by atoms with E-state index in [0.717, 1.165) is 0 Å². The highest BCUT2D eigenvalue weighted by Gasteiger charge is 2.51. The van der Waals surface area contributed by atoms with E-state index in [9.17, 15) is 14.7 Å². The largest absolute Gasteiger partial charge is 0.375 e. The first-order chi connectivity index (χ1) is 10.9. The molecule has 0 aromatic heterocycles. The van der Waals surface area contributed by atoms with Gasteiger partial charge in [0.15, 0.2) is 11.4 Å². The van der Waals surface area contributed by atoms with E-state index in [1.165, 1.54) is 31.3 Å². The number of ether oxygens (including phenoxy) is 2. The van der Waals surface area contributed by atoms with Gasteiger partial charge in [-0.2, -0.15) is 0 Å². The fraction of sp³-hybridized carbons (Fsp3) is 0.375. The van der Waals surface area contributed by atoms with Gasteiger partial charge in [-0.05, 0) is 18.2 Å². The molecule has 1 atom stereocenters. The van der Waals surface area contributed by atoms with Gasteiger partial charge >= 0.3 is 0 Å². The highest BCUT2D eigenvalue weighted by Crippen LogP contribution is 2.43. The molecular formula is C16H18ClNO5. The van der Waals surface area contributed by atoms with Crippen molar-refractivity contribution in [2.45, 2.75) is 18.3 Å². The van der Waals surface area contributed by atoms with Gasteiger partial charge in [0.1, 0.15) is 0 Å². The van der Waals surface area contributed by atoms with E-state index in [2.05, 4.69) is 6.58 Å². The number of methoxy groups -OCH3 is 2. The number of benzene rings is 1. The molecule has 1 aliphatic heterocycles. The van der Waals surface area contributed by atoms with Gasteiger partial charge < -0.3 is 19.5 Å². The Morgan fingerprint density at radius 1 is 1.48 bits per heavy atom. The second kappa shape index (κ2) is 6.80. The fourth-order valence-electron chi connectivity index (χ4n) is 2.70. The first kappa shape index (κ1) is 17.6. The molecule has 0 unspecified atom stereocenters. The molecule has 2 rings (SSSR count). The Hall–Kier alpha value is -1.73. The highest BCUT2D eigenvalue weighted by molar-refractivity contribution is 6.31. The number of rotatable bonds is 7. The SMILES string of the molecule is C=CCN1C(=O)[C@](O)(CC(=O)C(OC)OC)c2cc(Cl)ccc21. The van der Waals surface area contributed by atoms with Crippen LogP contribution in [-0.4, -0.2) is 43.9 Å². The number of carbonyl (C=O) groups excluding carboxylic acids is 2. The predicted molar refractivity (Wildman–Crippen MR) is 85.3 cm³/mol. The van der Waals surface area contributed by atoms with E-state index >= 15 is 0 Å². The van der Waals surface area contributed by atoms with E-state index < -0.39 is 30.0 Å². The second-order valence-corrected chi connectivity index (χ2v) is 5.61. The number of Topliss-reactive ketones (excluding diaryl/α,β-unsaturated/α-hetero) is 1. The predicted octanol–water partition coefficient (Wildman–Crippen LogP) is 1.64. The van der Waals surface area contributed by atoms with Crippen LogP contribution < -0.4 is 4.90 Å². The molecule has 1 aromatic carbocycles. The van der Waals surface area contributed by atoms with E-state index in [-0.39, 0.29) is 12.1 Å². The number of nitrogens with zero attached hydrogens (tertiary/aromatic N) is 1. The molecule has 0 fully saturated rings. The summed E-state index contributed by atoms with van der Waals surface area (Å²) in [5, 5.41) is 11.3. The lowest BCUT2D eigenvalue weighted by atomic mass is 9.89. The van der Waals surface area contributed by atoms with Crippen LogP contribution in [-0.2, 0) is 24.7 Å². The molecule has 0 spiro atoms. The van der Waals surface area contributed by atoms with E-state index in [0.29, 0.717) is 10.7 Å². The highest BCUT2D eigenvalue weighted by atomic mass is 35.5. The number of ketones is 1. The summed E-state index contributed by atoms with van der Waals surface area (Å²) in [6.45, 7) is 3.81. The Labute approximate surface area is 139 Å². The molecule has 0 bridgehead atoms. The monoisotopic (exact) mass is 339 g/mol. The van der Waals surface area contributed by atoms with Crippen molar-refractivity contribution >= 4 is 29.0 Å². The van der Waals surface area contributed by atoms with Gasteiger partial charge in [0, 0.05) is 31.4 Å². The van der Waals surface area contributed by atoms with Crippen molar-refractivity contribution in [1.29, 1.82) is 0 Å². The zero-order valence-electron chi connectivity index (χ0n) is 12.9. The van der Waals surface area contributed by atoms with Crippen LogP contribution >= 0.6 is 11.6 Å². The maximum absolute atomic E-state index is 12.7. The molecule has 1 heterocycles. The van der Waals surface area contributed by atoms with Crippen molar-refractivity contribution < 1.29 is 24.2 Å². The number of halogens is 1. The van der Waals surface area contributed by atoms with Gasteiger partial charge in [0.2, 0.25) is 6.29 Å². The van der Waals surface area contributed by atoms with Crippen LogP contribution in [0, 0.1) is 0 Å². The van der Waals surface area contributed by atoms with Crippen LogP contribution in [0.15, 0.2) is 30.9 Å². The molecule has 0 saturated heterocycles. The lowest BCUT2D eigenvalue weighted by molar-refractivity contribution is -0.164. The van der Waals surface area contributed by atoms with Gasteiger partial charge in [-0.1, -0.05) is 17.7 Å². The van der Waals surface area contributed by atoms with Crippen molar-refractivity contribution in [1.82, 2.24) is 0 Å². The van der Waals surface area contributed by atoms with Crippen LogP contribution in [0.1, 0.15) is 12.0 Å². The minimum Gasteiger partial charge on any atom is -0.375 e. The van der Waals surface area contributed by atoms with E-state index in [1.54, 1.807) is 12.1 Å². The first-order valence-electron chi connectivity index (χ1n) is 6.92. The van der Waals surface area contributed by atoms with Gasteiger partial charge in [0.25, 0.3) is 5.91 Å². The molecule has 1 N–H and O–H groups in total. The standard InChI is InChI=1S/C16H18ClNO5/c1-4-7-18-12-6-5-10(17)8-11(12)16(21,15(18)20)9-13(19)14(22-2)23-3/h4-6,8,14,21H,1,7,9H2,2-3H3/t16-/m0/s1. The third-order valence-corrected chi connectivity index (χ3v) is 3.96. The number of hydrogen-bond acceptors (Lipinski definition) is 5. The molecule has 1 aromatic rings. The maximum atomic E-state index is 12.7. The molecule has 0 saturated carbocycles. The summed E-state index contributed by atoms with van der Waals surface area (Å²) in [5.41, 5.74) is -1.22. The smallest absolute Gasteiger partial charge is 0.264 e. The number of carbonyl (C=O) groups is 2. The Kier molecular flexibility index (Phi) is 5.21. The number of amides is 1. The van der Waals surface area contributed by atoms with Crippen molar-refractivity contribution in [2.75, 3.05) is 25.7 Å². The topological polar surface area (TPSA) is 76.1 Å². The van der Waals surface area contributed by atoms with Crippen LogP contribution in [0.25, 0.3) is 0 Å². The lowest BCUT2D eigenvalue weighted by Gasteiger charge is -2.23. The molecular weight excluding hydrogens is 322 g/mol. The molecule has 0 aliphatic carbocycles. The third kappa shape index (κ3) is 3.03. The van der Waals surface area contributed by atoms with Crippen molar-refractivity contribution in [3.05, 3.63) is 41.4 Å². The van der Waals surface area contributed by atoms with Crippen molar-refractivity contribution in [2.24, 2.45) is 0 Å². The molecule has 1 amide bonds. The lowest BCUT2D eigenvalue weighted by Crippen LogP contribution is -2.43. The molecule has 124 valence electrons. The molecule has 0 radical (unpaired) electrons. The molecule has 7 heteroatoms. The normalized spacial score (nSPS) is 20.0. The summed E-state index contributed by atoms with van der Waals surface area (Å²) in [5.74, 6) is -1.15. The summed E-state index contributed by atoms with van der Waals surface area (Å²) in [4.78, 5) is 26.3. The van der Waals surface area contributed by atoms with Crippen molar-refractivity contribution in [3.8, 4) is 0 Å². The van der Waals surface area contributed by atoms with Gasteiger partial charge in [-0.3, -0.25) is 9.59 Å². The van der Waals surface area contributed by atoms with Gasteiger partial charge in [0.05, 0.1) is 12.1 Å². The minimum atomic E-state index is -2.00.